The molecule has 0 rings (SSSR count). The summed E-state index contributed by atoms with van der Waals surface area (Å²) in [6.45, 7) is 0. The second-order valence-corrected chi connectivity index (χ2v) is 0.0913. The Morgan fingerprint density at radius 2 is 1.33 bits per heavy atom. The van der Waals surface area contributed by atoms with Crippen molar-refractivity contribution in [3.8, 4) is 6.26 Å². The molecule has 0 aliphatic heterocycles. The van der Waals surface area contributed by atoms with Gasteiger partial charge in [0.2, 0.25) is 0 Å². The van der Waals surface area contributed by atoms with Gasteiger partial charge in [0.15, 0.2) is 0 Å². The first-order chi connectivity index (χ1) is 1.41. The van der Waals surface area contributed by atoms with Crippen molar-refractivity contribution in [3.63, 3.8) is 0 Å². The van der Waals surface area contributed by atoms with E-state index in [-0.39, 0.29) is 85.5 Å². The third-order valence-electron chi connectivity index (χ3n) is 0. The zero-order valence-electron chi connectivity index (χ0n) is 3.06. The summed E-state index contributed by atoms with van der Waals surface area (Å²) < 4.78 is 0. The molecule has 32 valence electrons. The molecular weight excluding hydrogens is 193 g/mol. The molecule has 0 aliphatic rings. The maximum absolute atomic E-state index is 8.24. The number of hydrogen-bond donors (Lipinski definition) is 0. The Morgan fingerprint density at radius 3 is 1.33 bits per heavy atom. The predicted octanol–water partition coefficient (Wildman–Crippen LogP) is -4.17. The van der Waals surface area contributed by atoms with Crippen LogP contribution in [0.2, 0.25) is 0 Å². The van der Waals surface area contributed by atoms with Crippen LogP contribution < -0.4 is 56.5 Å². The Bertz CT molecular complexity index is 35.0. The summed E-state index contributed by atoms with van der Waals surface area (Å²) in [7, 11) is 0. The van der Waals surface area contributed by atoms with E-state index in [4.69, 9.17) is 10.4 Å². The van der Waals surface area contributed by atoms with Gasteiger partial charge < -0.3 is 5.11 Å². The van der Waals surface area contributed by atoms with Crippen LogP contribution in [0.1, 0.15) is 0 Å². The fourth-order valence-electron chi connectivity index (χ4n) is 0. The average molecular weight is 193 g/mol. The van der Waals surface area contributed by atoms with Gasteiger partial charge in [0.25, 0.3) is 0 Å². The zero-order valence-corrected chi connectivity index (χ0v) is 8.39. The molecule has 0 amide bonds. The summed E-state index contributed by atoms with van der Waals surface area (Å²) in [6.07, 6.45) is 0.500. The molecule has 2 nitrogen and oxygen atoms in total. The Labute approximate surface area is 100 Å². The monoisotopic (exact) mass is 193 g/mol. The van der Waals surface area contributed by atoms with Gasteiger partial charge in [-0.3, -0.25) is 0 Å². The number of nitrogens with zero attached hydrogens (tertiary/aromatic N) is 1. The summed E-state index contributed by atoms with van der Waals surface area (Å²) >= 11 is 0. The molecule has 0 heterocycles. The molecule has 0 radical (unpaired) electrons. The van der Waals surface area contributed by atoms with Crippen molar-refractivity contribution < 1.29 is 90.6 Å². The van der Waals surface area contributed by atoms with Crippen LogP contribution in [0.25, 0.3) is 0 Å². The molecule has 0 atom stereocenters. The average Bonchev–Trinajstić information content (AvgIpc) is 0.918. The van der Waals surface area contributed by atoms with E-state index in [0.29, 0.717) is 6.26 Å². The molecule has 0 bridgehead atoms. The second-order valence-electron chi connectivity index (χ2n) is 0.0913. The molecule has 0 aromatic carbocycles. The third-order valence-corrected chi connectivity index (χ3v) is 0. The maximum Gasteiger partial charge on any atom is 1.00 e. The molecule has 0 saturated carbocycles. The van der Waals surface area contributed by atoms with E-state index in [1.807, 2.05) is 0 Å². The Morgan fingerprint density at radius 1 is 1.33 bits per heavy atom. The quantitative estimate of drug-likeness (QED) is 0.289. The molecule has 0 saturated heterocycles. The van der Waals surface area contributed by atoms with Crippen molar-refractivity contribution in [3.05, 3.63) is 0 Å². The molecule has 0 aromatic heterocycles. The van der Waals surface area contributed by atoms with Gasteiger partial charge in [-0.05, 0) is 0 Å². The summed E-state index contributed by atoms with van der Waals surface area (Å²) in [5.74, 6) is 0. The maximum atomic E-state index is 8.24. The van der Waals surface area contributed by atoms with Gasteiger partial charge in [-0.1, -0.05) is 0 Å². The number of hydrogen-bond acceptors (Lipinski definition) is 2. The summed E-state index contributed by atoms with van der Waals surface area (Å²) in [4.78, 5) is 0. The standard InChI is InChI=1S/CHNO.2Fe.K/c2-1-3;;;/h3H;;;/q;;;+1/p-1. The van der Waals surface area contributed by atoms with Gasteiger partial charge in [-0.2, -0.15) is 0 Å². The Kier molecular flexibility index (Phi) is 115. The molecule has 5 heteroatoms. The van der Waals surface area contributed by atoms with E-state index in [1.54, 1.807) is 0 Å². The van der Waals surface area contributed by atoms with Gasteiger partial charge >= 0.3 is 51.4 Å². The first-order valence-electron chi connectivity index (χ1n) is 0.428. The van der Waals surface area contributed by atoms with Crippen LogP contribution in [0, 0.1) is 11.5 Å². The largest absolute Gasteiger partial charge is 1.00 e. The minimum Gasteiger partial charge on any atom is -0.812 e. The van der Waals surface area contributed by atoms with E-state index in [2.05, 4.69) is 0 Å². The molecule has 0 unspecified atom stereocenters. The van der Waals surface area contributed by atoms with Crippen molar-refractivity contribution >= 4 is 0 Å². The second kappa shape index (κ2) is 28.2. The molecule has 0 N–H and O–H groups in total. The van der Waals surface area contributed by atoms with Crippen LogP contribution in [-0.4, -0.2) is 0 Å². The fourth-order valence-corrected chi connectivity index (χ4v) is 0. The number of rotatable bonds is 0. The molecule has 0 aromatic rings. The van der Waals surface area contributed by atoms with Crippen molar-refractivity contribution in [2.45, 2.75) is 0 Å². The molecule has 0 spiro atoms. The third kappa shape index (κ3) is 38.1. The van der Waals surface area contributed by atoms with E-state index in [9.17, 15) is 0 Å². The van der Waals surface area contributed by atoms with Crippen molar-refractivity contribution in [2.75, 3.05) is 0 Å². The van der Waals surface area contributed by atoms with Gasteiger partial charge in [0.05, 0.1) is 0 Å². The minimum atomic E-state index is 0. The zero-order chi connectivity index (χ0) is 2.71. The smallest absolute Gasteiger partial charge is 0.812 e. The first kappa shape index (κ1) is 24.6. The van der Waals surface area contributed by atoms with E-state index < -0.39 is 0 Å². The van der Waals surface area contributed by atoms with Crippen LogP contribution in [0.5, 0.6) is 0 Å². The van der Waals surface area contributed by atoms with Crippen molar-refractivity contribution in [2.24, 2.45) is 0 Å². The Balaban J connectivity index is -0.00000000667. The van der Waals surface area contributed by atoms with Gasteiger partial charge in [0, 0.05) is 40.4 Å². The van der Waals surface area contributed by atoms with E-state index in [0.717, 1.165) is 0 Å². The Hall–Kier alpha value is 1.97. The molecular formula is CFe2KNO. The summed E-state index contributed by atoms with van der Waals surface area (Å²) in [5, 5.41) is 15.0. The normalized spacial score (nSPS) is 1.17. The van der Waals surface area contributed by atoms with Crippen LogP contribution in [0.4, 0.5) is 0 Å². The number of nitriles is 1. The van der Waals surface area contributed by atoms with E-state index in [1.165, 1.54) is 0 Å². The fraction of sp³-hybridized carbons (Fsp3) is 0. The van der Waals surface area contributed by atoms with E-state index >= 15 is 0 Å². The van der Waals surface area contributed by atoms with Crippen LogP contribution in [0.15, 0.2) is 0 Å². The predicted molar refractivity (Wildman–Crippen MR) is 5.61 cm³/mol. The SMILES string of the molecule is N#C[O-].[Fe].[Fe].[K+]. The molecule has 0 aliphatic carbocycles. The van der Waals surface area contributed by atoms with Crippen LogP contribution in [-0.2, 0) is 34.1 Å². The molecule has 6 heavy (non-hydrogen) atoms. The van der Waals surface area contributed by atoms with Gasteiger partial charge in [-0.25, -0.2) is 5.26 Å². The topological polar surface area (TPSA) is 46.8 Å². The summed E-state index contributed by atoms with van der Waals surface area (Å²) in [5.41, 5.74) is 0. The minimum absolute atomic E-state index is 0. The van der Waals surface area contributed by atoms with Crippen molar-refractivity contribution in [1.29, 1.82) is 5.26 Å². The van der Waals surface area contributed by atoms with Crippen LogP contribution in [0.3, 0.4) is 0 Å². The van der Waals surface area contributed by atoms with Crippen molar-refractivity contribution in [1.82, 2.24) is 0 Å². The first-order valence-corrected chi connectivity index (χ1v) is 0.428. The summed E-state index contributed by atoms with van der Waals surface area (Å²) in [6, 6.07) is 0. The van der Waals surface area contributed by atoms with Gasteiger partial charge in [0.1, 0.15) is 0 Å². The van der Waals surface area contributed by atoms with Crippen LogP contribution >= 0.6 is 0 Å². The van der Waals surface area contributed by atoms with Gasteiger partial charge in [-0.15, -0.1) is 0 Å². The molecule has 0 fully saturated rings.